The maximum atomic E-state index is 9.60. The summed E-state index contributed by atoms with van der Waals surface area (Å²) in [6.45, 7) is 12.9. The highest BCUT2D eigenvalue weighted by molar-refractivity contribution is 5.21. The minimum atomic E-state index is -0.0461. The van der Waals surface area contributed by atoms with Crippen LogP contribution < -0.4 is 4.74 Å². The van der Waals surface area contributed by atoms with Gasteiger partial charge < -0.3 is 81.0 Å². The minimum absolute atomic E-state index is 0.0461. The van der Waals surface area contributed by atoms with Crippen molar-refractivity contribution >= 4 is 0 Å². The molecule has 86 heavy (non-hydrogen) atoms. The third-order valence-corrected chi connectivity index (χ3v) is 18.6. The van der Waals surface area contributed by atoms with Gasteiger partial charge in [0, 0.05) is 66.6 Å². The molecular weight excluding hydrogens is 1100 g/mol. The topological polar surface area (TPSA) is 302 Å². The molecule has 2 aromatic rings. The summed E-state index contributed by atoms with van der Waals surface area (Å²) in [4.78, 5) is 0. The van der Waals surface area contributed by atoms with E-state index in [0.29, 0.717) is 56.2 Å². The fourth-order valence-electron chi connectivity index (χ4n) is 13.1. The number of benzene rings is 2. The largest absolute Gasteiger partial charge is 0.491 e. The van der Waals surface area contributed by atoms with E-state index in [1.807, 2.05) is 61.5 Å². The van der Waals surface area contributed by atoms with Crippen LogP contribution in [0.1, 0.15) is 199 Å². The van der Waals surface area contributed by atoms with Gasteiger partial charge in [0.1, 0.15) is 12.4 Å². The third kappa shape index (κ3) is 38.4. The molecule has 6 saturated carbocycles. The summed E-state index contributed by atoms with van der Waals surface area (Å²) in [7, 11) is 1.55. The lowest BCUT2D eigenvalue weighted by atomic mass is 9.60. The monoisotopic (exact) mass is 1230 g/mol. The number of aliphatic hydroxyl groups excluding tert-OH is 14. The molecule has 0 saturated heterocycles. The van der Waals surface area contributed by atoms with E-state index in [1.165, 1.54) is 63.4 Å². The SMILES string of the molecule is CC(C)(C1CCC(O)CC1)C1CCC(O)CC1.CCC1CC2C3CC(CO)C(C3)C2C1.COCCO.Cc1ccc(CO)cc1.OCC1CCC(CO)CC1.OCCCCCCO.OCCCCCO.OCCCCO.OCCOc1ccccc1. The van der Waals surface area contributed by atoms with Gasteiger partial charge in [0.15, 0.2) is 0 Å². The third-order valence-electron chi connectivity index (χ3n) is 18.6. The van der Waals surface area contributed by atoms with Gasteiger partial charge in [-0.25, -0.2) is 0 Å². The van der Waals surface area contributed by atoms with Crippen LogP contribution in [-0.2, 0) is 11.3 Å². The van der Waals surface area contributed by atoms with Gasteiger partial charge in [0.05, 0.1) is 38.6 Å². The predicted octanol–water partition coefficient (Wildman–Crippen LogP) is 9.17. The number of ether oxygens (including phenoxy) is 2. The van der Waals surface area contributed by atoms with E-state index in [4.69, 9.17) is 60.9 Å². The number of methoxy groups -OCH3 is 1. The Kier molecular flexibility index (Phi) is 54.0. The molecule has 0 radical (unpaired) electrons. The second-order valence-corrected chi connectivity index (χ2v) is 25.3. The Balaban J connectivity index is 0.000000970. The van der Waals surface area contributed by atoms with E-state index in [2.05, 4.69) is 25.5 Å². The standard InChI is InChI=1S/C15H28O2.C13H22O.C8H16O2.C8H10O2.C8H10O.C6H14O2.C5H12O2.C4H10O2.C3H8O2/c1-15(2,11-3-7-13(16)8-4-11)12-5-9-14(17)10-6-12;1-2-8-3-11-9-5-10(7-14)12(6-9)13(11)4-8;9-5-7-1-2-8(6-10)4-3-7;9-6-7-10-8-4-2-1-3-5-8;1-7-2-4-8(6-9)5-3-7;7-5-3-1-2-4-6-8;6-4-2-1-3-5-7;5-3-1-2-4-6;1-5-3-2-4/h11-14,16-17H,3-10H2,1-2H3;8-14H,2-7H2,1H3;7-10H,1-6H2;1-5,9H,6-7H2;2-5,9H,6H2,1H3;7-8H,1-6H2;6-7H,1-5H2;5-6H,1-4H2;4H,2-3H2,1H3. The lowest BCUT2D eigenvalue weighted by Crippen LogP contribution is -2.38. The second kappa shape index (κ2) is 55.5. The number of unbranched alkanes of at least 4 members (excludes halogenated alkanes) is 6. The average Bonchev–Trinajstić information content (AvgIpc) is 1.95. The van der Waals surface area contributed by atoms with Crippen LogP contribution >= 0.6 is 0 Å². The lowest BCUT2D eigenvalue weighted by molar-refractivity contribution is 0.00232. The van der Waals surface area contributed by atoms with E-state index < -0.39 is 0 Å². The van der Waals surface area contributed by atoms with Crippen LogP contribution in [0.25, 0.3) is 0 Å². The van der Waals surface area contributed by atoms with Gasteiger partial charge in [-0.05, 0) is 237 Å². The van der Waals surface area contributed by atoms with Crippen molar-refractivity contribution in [2.75, 3.05) is 93.0 Å². The van der Waals surface area contributed by atoms with E-state index in [9.17, 15) is 15.3 Å². The Hall–Kier alpha value is -2.36. The van der Waals surface area contributed by atoms with E-state index in [0.717, 1.165) is 162 Å². The molecule has 2 aromatic carbocycles. The Morgan fingerprint density at radius 3 is 1.21 bits per heavy atom. The highest BCUT2D eigenvalue weighted by atomic mass is 16.5. The number of fused-ring (bicyclic) bond motifs is 5. The first kappa shape index (κ1) is 83.6. The lowest BCUT2D eigenvalue weighted by Gasteiger charge is -2.46. The molecule has 6 aliphatic rings. The Labute approximate surface area is 521 Å². The predicted molar refractivity (Wildman–Crippen MR) is 345 cm³/mol. The molecule has 16 heteroatoms. The van der Waals surface area contributed by atoms with Gasteiger partial charge in [-0.2, -0.15) is 0 Å². The van der Waals surface area contributed by atoms with Crippen molar-refractivity contribution < 1.29 is 81.0 Å². The molecule has 0 aromatic heterocycles. The molecule has 6 atom stereocenters. The summed E-state index contributed by atoms with van der Waals surface area (Å²) in [5.74, 6) is 9.05. The number of aryl methyl sites for hydroxylation is 1. The zero-order valence-electron chi connectivity index (χ0n) is 54.5. The van der Waals surface area contributed by atoms with Crippen LogP contribution in [0.5, 0.6) is 5.75 Å². The van der Waals surface area contributed by atoms with Gasteiger partial charge in [-0.15, -0.1) is 0 Å². The van der Waals surface area contributed by atoms with Crippen molar-refractivity contribution in [1.82, 2.24) is 0 Å². The summed E-state index contributed by atoms with van der Waals surface area (Å²) in [6, 6.07) is 17.3. The maximum Gasteiger partial charge on any atom is 0.119 e. The maximum absolute atomic E-state index is 9.60. The summed E-state index contributed by atoms with van der Waals surface area (Å²) >= 11 is 0. The van der Waals surface area contributed by atoms with Crippen LogP contribution in [0.15, 0.2) is 54.6 Å². The molecule has 0 aliphatic heterocycles. The summed E-state index contributed by atoms with van der Waals surface area (Å²) in [5, 5.41) is 120. The van der Waals surface area contributed by atoms with Crippen LogP contribution in [0, 0.1) is 71.5 Å². The normalized spacial score (nSPS) is 25.8. The Morgan fingerprint density at radius 2 is 0.849 bits per heavy atom. The van der Waals surface area contributed by atoms with Gasteiger partial charge in [0.25, 0.3) is 0 Å². The van der Waals surface area contributed by atoms with Crippen molar-refractivity contribution in [3.63, 3.8) is 0 Å². The van der Waals surface area contributed by atoms with Crippen LogP contribution in [0.3, 0.4) is 0 Å². The minimum Gasteiger partial charge on any atom is -0.491 e. The number of para-hydroxylation sites is 1. The Bertz CT molecular complexity index is 1650. The summed E-state index contributed by atoms with van der Waals surface area (Å²) in [6.07, 6.45) is 28.0. The van der Waals surface area contributed by atoms with Crippen molar-refractivity contribution in [2.45, 2.75) is 213 Å². The zero-order valence-corrected chi connectivity index (χ0v) is 54.5. The van der Waals surface area contributed by atoms with E-state index in [1.54, 1.807) is 7.11 Å². The van der Waals surface area contributed by atoms with Crippen LogP contribution in [0.4, 0.5) is 0 Å². The quantitative estimate of drug-likeness (QED) is 0.0436. The van der Waals surface area contributed by atoms with Gasteiger partial charge >= 0.3 is 0 Å². The molecule has 2 bridgehead atoms. The highest BCUT2D eigenvalue weighted by Crippen LogP contribution is 2.62. The van der Waals surface area contributed by atoms with Crippen molar-refractivity contribution in [2.24, 2.45) is 64.6 Å². The van der Waals surface area contributed by atoms with Crippen molar-refractivity contribution in [1.29, 1.82) is 0 Å². The second-order valence-electron chi connectivity index (χ2n) is 25.3. The molecule has 6 unspecified atom stereocenters. The molecular formula is C70H130O16. The molecule has 16 nitrogen and oxygen atoms in total. The molecule has 6 aliphatic carbocycles. The van der Waals surface area contributed by atoms with Gasteiger partial charge in [0.2, 0.25) is 0 Å². The van der Waals surface area contributed by atoms with Gasteiger partial charge in [-0.1, -0.05) is 88.1 Å². The molecule has 8 rings (SSSR count). The molecule has 14 N–H and O–H groups in total. The first-order valence-corrected chi connectivity index (χ1v) is 33.5. The van der Waals surface area contributed by atoms with E-state index >= 15 is 0 Å². The highest BCUT2D eigenvalue weighted by Gasteiger charge is 2.55. The fourth-order valence-corrected chi connectivity index (χ4v) is 13.1. The Morgan fingerprint density at radius 1 is 0.430 bits per heavy atom. The van der Waals surface area contributed by atoms with Crippen molar-refractivity contribution in [3.05, 3.63) is 65.7 Å². The summed E-state index contributed by atoms with van der Waals surface area (Å²) < 4.78 is 9.55. The smallest absolute Gasteiger partial charge is 0.119 e. The molecule has 0 spiro atoms. The van der Waals surface area contributed by atoms with Crippen LogP contribution in [0.2, 0.25) is 0 Å². The van der Waals surface area contributed by atoms with Crippen molar-refractivity contribution in [3.8, 4) is 5.75 Å². The average molecular weight is 1230 g/mol. The number of hydrogen-bond donors (Lipinski definition) is 14. The fraction of sp³-hybridized carbons (Fsp3) is 0.829. The molecule has 506 valence electrons. The first-order chi connectivity index (χ1) is 41.6. The molecule has 0 amide bonds. The zero-order chi connectivity index (χ0) is 64.2. The number of aliphatic hydroxyl groups is 14. The van der Waals surface area contributed by atoms with E-state index in [-0.39, 0.29) is 71.7 Å². The van der Waals surface area contributed by atoms with Crippen LogP contribution in [-0.4, -0.2) is 177 Å². The summed E-state index contributed by atoms with van der Waals surface area (Å²) in [5.41, 5.74) is 2.59. The molecule has 0 heterocycles. The number of rotatable bonds is 24. The first-order valence-electron chi connectivity index (χ1n) is 33.5. The van der Waals surface area contributed by atoms with Gasteiger partial charge in [-0.3, -0.25) is 0 Å². The number of hydrogen-bond acceptors (Lipinski definition) is 16. The molecule has 6 fully saturated rings.